The summed E-state index contributed by atoms with van der Waals surface area (Å²) in [6.45, 7) is 56.6. The summed E-state index contributed by atoms with van der Waals surface area (Å²) < 4.78 is 0. The van der Waals surface area contributed by atoms with Gasteiger partial charge >= 0.3 is 0 Å². The van der Waals surface area contributed by atoms with Crippen LogP contribution in [0.2, 0.25) is 0 Å². The lowest BCUT2D eigenvalue weighted by Crippen LogP contribution is -2.39. The second-order valence-electron chi connectivity index (χ2n) is 28.4. The van der Waals surface area contributed by atoms with Crippen molar-refractivity contribution in [3.8, 4) is 0 Å². The smallest absolute Gasteiger partial charge is 0.0352 e. The topological polar surface area (TPSA) is 0 Å². The summed E-state index contributed by atoms with van der Waals surface area (Å²) in [5.41, 5.74) is 1.26. The van der Waals surface area contributed by atoms with E-state index in [1.54, 1.807) is 0 Å². The first-order valence-electron chi connectivity index (χ1n) is 29.5. The second-order valence-corrected chi connectivity index (χ2v) is 28.4. The summed E-state index contributed by atoms with van der Waals surface area (Å²) in [7, 11) is 0. The van der Waals surface area contributed by atoms with E-state index in [-0.39, 0.29) is 0 Å². The first-order chi connectivity index (χ1) is 29.5. The van der Waals surface area contributed by atoms with E-state index in [2.05, 4.69) is 166 Å². The van der Waals surface area contributed by atoms with E-state index in [9.17, 15) is 0 Å². The zero-order valence-corrected chi connectivity index (χ0v) is 49.3. The molecule has 0 aromatic rings. The van der Waals surface area contributed by atoms with Crippen molar-refractivity contribution in [1.29, 1.82) is 0 Å². The Labute approximate surface area is 409 Å². The molecule has 8 unspecified atom stereocenters. The highest BCUT2D eigenvalue weighted by Gasteiger charge is 2.38. The molecule has 0 aromatic carbocycles. The maximum absolute atomic E-state index is 2.38. The van der Waals surface area contributed by atoms with Crippen LogP contribution in [0.25, 0.3) is 0 Å². The summed E-state index contributed by atoms with van der Waals surface area (Å²) in [5.74, 6) is 20.0. The molecule has 8 aliphatic rings. The molecule has 64 heavy (non-hydrogen) atoms. The lowest BCUT2D eigenvalue weighted by Gasteiger charge is -2.45. The molecule has 0 aromatic heterocycles. The third-order valence-corrected chi connectivity index (χ3v) is 21.1. The SMILES string of the molecule is CC(C)(C)C1CCC1.CC1C(C)C(C)C1C.CC1CC(C(C)C)C1.CC1CC(C)[C@@H](C)C1.CC1CCC(C)(C)C1.CC1CCC(C)C1C.CC1CCC(C)C1C.CCC(C)C1CCC1. The molecular formula is C64H128. The van der Waals surface area contributed by atoms with E-state index in [0.717, 1.165) is 118 Å². The van der Waals surface area contributed by atoms with Gasteiger partial charge in [-0.3, -0.25) is 0 Å². The molecule has 8 aliphatic carbocycles. The van der Waals surface area contributed by atoms with Gasteiger partial charge in [-0.1, -0.05) is 230 Å². The van der Waals surface area contributed by atoms with Gasteiger partial charge in [0.25, 0.3) is 0 Å². The van der Waals surface area contributed by atoms with Gasteiger partial charge in [0, 0.05) is 0 Å². The molecular weight excluding hydrogens is 769 g/mol. The molecule has 0 heteroatoms. The molecule has 8 rings (SSSR count). The largest absolute Gasteiger partial charge is 0.0651 e. The highest BCUT2D eigenvalue weighted by atomic mass is 14.4. The van der Waals surface area contributed by atoms with Crippen molar-refractivity contribution in [2.75, 3.05) is 0 Å². The van der Waals surface area contributed by atoms with E-state index < -0.39 is 0 Å². The van der Waals surface area contributed by atoms with Crippen LogP contribution in [0.15, 0.2) is 0 Å². The van der Waals surface area contributed by atoms with Crippen LogP contribution in [-0.2, 0) is 0 Å². The lowest BCUT2D eigenvalue weighted by molar-refractivity contribution is 0.0302. The summed E-state index contributed by atoms with van der Waals surface area (Å²) in [6.07, 6.45) is 26.4. The Morgan fingerprint density at radius 3 is 0.875 bits per heavy atom. The first-order valence-corrected chi connectivity index (χ1v) is 29.5. The maximum Gasteiger partial charge on any atom is -0.0352 e. The van der Waals surface area contributed by atoms with E-state index in [4.69, 9.17) is 0 Å². The molecule has 0 bridgehead atoms. The first kappa shape index (κ1) is 62.0. The lowest BCUT2D eigenvalue weighted by atomic mass is 9.60. The van der Waals surface area contributed by atoms with Crippen LogP contribution in [0, 0.1) is 129 Å². The Morgan fingerprint density at radius 1 is 0.422 bits per heavy atom. The Kier molecular flexibility index (Phi) is 29.0. The van der Waals surface area contributed by atoms with Gasteiger partial charge in [-0.25, -0.2) is 0 Å². The van der Waals surface area contributed by atoms with Gasteiger partial charge < -0.3 is 0 Å². The molecule has 0 aliphatic heterocycles. The second kappa shape index (κ2) is 29.9. The summed E-state index contributed by atoms with van der Waals surface area (Å²) in [4.78, 5) is 0. The van der Waals surface area contributed by atoms with Crippen molar-refractivity contribution in [3.63, 3.8) is 0 Å². The average molecular weight is 898 g/mol. The summed E-state index contributed by atoms with van der Waals surface area (Å²) in [6, 6.07) is 0. The molecule has 0 saturated heterocycles. The van der Waals surface area contributed by atoms with Crippen molar-refractivity contribution in [2.45, 2.75) is 282 Å². The van der Waals surface area contributed by atoms with Crippen molar-refractivity contribution in [2.24, 2.45) is 129 Å². The Hall–Kier alpha value is 0. The van der Waals surface area contributed by atoms with E-state index in [1.807, 2.05) is 0 Å². The summed E-state index contributed by atoms with van der Waals surface area (Å²) in [5, 5.41) is 0. The van der Waals surface area contributed by atoms with E-state index >= 15 is 0 Å². The van der Waals surface area contributed by atoms with E-state index in [1.165, 1.54) is 116 Å². The van der Waals surface area contributed by atoms with Crippen molar-refractivity contribution < 1.29 is 0 Å². The number of hydrogen-bond acceptors (Lipinski definition) is 0. The van der Waals surface area contributed by atoms with Gasteiger partial charge in [0.05, 0.1) is 0 Å². The van der Waals surface area contributed by atoms with Crippen LogP contribution in [-0.4, -0.2) is 0 Å². The molecule has 0 amide bonds. The maximum atomic E-state index is 2.38. The van der Waals surface area contributed by atoms with Gasteiger partial charge in [-0.05, 0) is 181 Å². The van der Waals surface area contributed by atoms with Crippen LogP contribution in [0.1, 0.15) is 282 Å². The van der Waals surface area contributed by atoms with Crippen molar-refractivity contribution in [3.05, 3.63) is 0 Å². The zero-order valence-electron chi connectivity index (χ0n) is 49.3. The van der Waals surface area contributed by atoms with Crippen LogP contribution < -0.4 is 0 Å². The summed E-state index contributed by atoms with van der Waals surface area (Å²) >= 11 is 0. The predicted molar refractivity (Wildman–Crippen MR) is 294 cm³/mol. The van der Waals surface area contributed by atoms with Gasteiger partial charge in [-0.15, -0.1) is 0 Å². The monoisotopic (exact) mass is 897 g/mol. The fraction of sp³-hybridized carbons (Fsp3) is 1.00. The minimum atomic E-state index is 0.595. The quantitative estimate of drug-likeness (QED) is 0.265. The van der Waals surface area contributed by atoms with Crippen molar-refractivity contribution in [1.82, 2.24) is 0 Å². The zero-order chi connectivity index (χ0) is 49.3. The minimum absolute atomic E-state index is 0.595. The Bertz CT molecular complexity index is 1040. The molecule has 8 saturated carbocycles. The van der Waals surface area contributed by atoms with Gasteiger partial charge in [0.15, 0.2) is 0 Å². The molecule has 0 radical (unpaired) electrons. The normalized spacial score (nSPS) is 39.9. The van der Waals surface area contributed by atoms with Gasteiger partial charge in [0.1, 0.15) is 0 Å². The molecule has 0 heterocycles. The van der Waals surface area contributed by atoms with Crippen LogP contribution in [0.5, 0.6) is 0 Å². The Balaban J connectivity index is 0.000000366. The number of hydrogen-bond donors (Lipinski definition) is 0. The average Bonchev–Trinajstić information content (AvgIpc) is 3.85. The number of rotatable bonds is 3. The third kappa shape index (κ3) is 22.6. The van der Waals surface area contributed by atoms with Crippen LogP contribution >= 0.6 is 0 Å². The predicted octanol–water partition coefficient (Wildman–Crippen LogP) is 21.8. The van der Waals surface area contributed by atoms with Gasteiger partial charge in [-0.2, -0.15) is 0 Å². The third-order valence-electron chi connectivity index (χ3n) is 21.1. The van der Waals surface area contributed by atoms with Crippen LogP contribution in [0.3, 0.4) is 0 Å². The Morgan fingerprint density at radius 2 is 0.781 bits per heavy atom. The molecule has 8 fully saturated rings. The van der Waals surface area contributed by atoms with Gasteiger partial charge in [0.2, 0.25) is 0 Å². The highest BCUT2D eigenvalue weighted by Crippen LogP contribution is 2.45. The standard InChI is InChI=1S/8C8H16/c1-6-4-7(2)8(3)5-6;1-6(2)8-4-7(3)5-8;1-7-4-5-8(2,3)6-7;1-8(2,3)7-5-4-6-7;2*1-6-4-5-7(2)8(6)3;1-5-6(2)8(4)7(5)3;1-3-7(2)8-5-4-6-8/h2*6-8H,4-5H2,1-3H3;2*7H,4-6H2,1-3H3;2*6-8H,4-5H2,1-3H3;5-8H,1-4H3;7-8H,3-6H2,1-2H3/t6?,7-,8?;;;;;;;/m0......./s1. The fourth-order valence-electron chi connectivity index (χ4n) is 12.7. The minimum Gasteiger partial charge on any atom is -0.0651 e. The molecule has 0 N–H and O–H groups in total. The van der Waals surface area contributed by atoms with Crippen molar-refractivity contribution >= 4 is 0 Å². The molecule has 384 valence electrons. The molecule has 0 spiro atoms. The molecule has 9 atom stereocenters. The highest BCUT2D eigenvalue weighted by molar-refractivity contribution is 4.87. The van der Waals surface area contributed by atoms with Crippen LogP contribution in [0.4, 0.5) is 0 Å². The van der Waals surface area contributed by atoms with E-state index in [0.29, 0.717) is 10.8 Å². The molecule has 0 nitrogen and oxygen atoms in total. The fourth-order valence-corrected chi connectivity index (χ4v) is 12.7.